The van der Waals surface area contributed by atoms with Crippen molar-refractivity contribution in [3.05, 3.63) is 30.1 Å². The summed E-state index contributed by atoms with van der Waals surface area (Å²) in [6.07, 6.45) is 7.31. The van der Waals surface area contributed by atoms with Crippen molar-refractivity contribution in [2.75, 3.05) is 33.4 Å². The Morgan fingerprint density at radius 1 is 1.21 bits per heavy atom. The zero-order valence-electron chi connectivity index (χ0n) is 20.4. The number of likely N-dealkylation sites (tertiary alicyclic amines) is 1. The number of carbonyl (C=O) groups excluding carboxylic acids is 2. The number of amides is 2. The molecule has 2 heterocycles. The lowest BCUT2D eigenvalue weighted by Gasteiger charge is -2.33. The van der Waals surface area contributed by atoms with Crippen LogP contribution in [0.3, 0.4) is 0 Å². The normalized spacial score (nSPS) is 20.1. The minimum atomic E-state index is -0.364. The fraction of sp³-hybridized carbons (Fsp3) is 0.654. The average molecular weight is 470 g/mol. The Labute approximate surface area is 202 Å². The Bertz CT molecular complexity index is 968. The molecule has 0 spiro atoms. The van der Waals surface area contributed by atoms with Crippen molar-refractivity contribution >= 4 is 22.8 Å². The molecule has 2 unspecified atom stereocenters. The van der Waals surface area contributed by atoms with E-state index >= 15 is 0 Å². The summed E-state index contributed by atoms with van der Waals surface area (Å²) in [6.45, 7) is 3.32. The molecule has 1 aromatic carbocycles. The summed E-state index contributed by atoms with van der Waals surface area (Å²) in [5, 5.41) is 2.96. The Balaban J connectivity index is 1.36. The molecule has 8 nitrogen and oxygen atoms in total. The van der Waals surface area contributed by atoms with Crippen LogP contribution in [0.4, 0.5) is 0 Å². The molecular weight excluding hydrogens is 430 g/mol. The number of imidazole rings is 1. The van der Waals surface area contributed by atoms with Gasteiger partial charge in [-0.15, -0.1) is 0 Å². The number of para-hydroxylation sites is 2. The SMILES string of the molecule is COCCCn1c(C2CCCN(C(=O)CC(N)CNC(=O)C3CCCC3)C2)nc2ccccc21. The third-order valence-corrected chi connectivity index (χ3v) is 7.25. The first-order valence-corrected chi connectivity index (χ1v) is 12.8. The maximum absolute atomic E-state index is 13.0. The Morgan fingerprint density at radius 3 is 2.79 bits per heavy atom. The molecule has 8 heteroatoms. The van der Waals surface area contributed by atoms with E-state index in [9.17, 15) is 9.59 Å². The lowest BCUT2D eigenvalue weighted by Crippen LogP contribution is -2.45. The highest BCUT2D eigenvalue weighted by Gasteiger charge is 2.29. The van der Waals surface area contributed by atoms with E-state index in [-0.39, 0.29) is 36.1 Å². The third-order valence-electron chi connectivity index (χ3n) is 7.25. The molecule has 3 N–H and O–H groups in total. The van der Waals surface area contributed by atoms with Crippen LogP contribution in [0, 0.1) is 5.92 Å². The number of rotatable bonds is 10. The van der Waals surface area contributed by atoms with Gasteiger partial charge in [0.05, 0.1) is 11.0 Å². The first-order chi connectivity index (χ1) is 16.6. The second-order valence-corrected chi connectivity index (χ2v) is 9.83. The lowest BCUT2D eigenvalue weighted by atomic mass is 9.96. The van der Waals surface area contributed by atoms with Crippen molar-refractivity contribution in [1.82, 2.24) is 19.8 Å². The summed E-state index contributed by atoms with van der Waals surface area (Å²) in [5.41, 5.74) is 8.36. The molecule has 2 atom stereocenters. The second-order valence-electron chi connectivity index (χ2n) is 9.83. The van der Waals surface area contributed by atoms with Gasteiger partial charge in [0.2, 0.25) is 11.8 Å². The number of benzene rings is 1. The monoisotopic (exact) mass is 469 g/mol. The van der Waals surface area contributed by atoms with Gasteiger partial charge in [0.15, 0.2) is 0 Å². The number of fused-ring (bicyclic) bond motifs is 1. The highest BCUT2D eigenvalue weighted by Crippen LogP contribution is 2.30. The molecule has 1 aliphatic carbocycles. The molecule has 1 saturated carbocycles. The number of methoxy groups -OCH3 is 1. The number of nitrogens with two attached hydrogens (primary N) is 1. The molecule has 4 rings (SSSR count). The van der Waals surface area contributed by atoms with Crippen molar-refractivity contribution in [2.24, 2.45) is 11.7 Å². The van der Waals surface area contributed by atoms with Crippen molar-refractivity contribution in [2.45, 2.75) is 69.9 Å². The number of aryl methyl sites for hydroxylation is 1. The molecule has 1 aromatic heterocycles. The summed E-state index contributed by atoms with van der Waals surface area (Å²) in [7, 11) is 1.72. The predicted octanol–water partition coefficient (Wildman–Crippen LogP) is 2.80. The molecule has 0 bridgehead atoms. The van der Waals surface area contributed by atoms with Crippen LogP contribution in [0.1, 0.15) is 63.1 Å². The smallest absolute Gasteiger partial charge is 0.224 e. The lowest BCUT2D eigenvalue weighted by molar-refractivity contribution is -0.133. The van der Waals surface area contributed by atoms with Gasteiger partial charge in [0.25, 0.3) is 0 Å². The van der Waals surface area contributed by atoms with E-state index < -0.39 is 0 Å². The zero-order chi connectivity index (χ0) is 23.9. The van der Waals surface area contributed by atoms with Crippen LogP contribution in [0.2, 0.25) is 0 Å². The molecular formula is C26H39N5O3. The minimum Gasteiger partial charge on any atom is -0.385 e. The molecule has 2 aliphatic rings. The summed E-state index contributed by atoms with van der Waals surface area (Å²) in [5.74, 6) is 1.53. The first kappa shape index (κ1) is 24.7. The van der Waals surface area contributed by atoms with Gasteiger partial charge in [-0.1, -0.05) is 25.0 Å². The van der Waals surface area contributed by atoms with Gasteiger partial charge in [-0.05, 0) is 44.2 Å². The van der Waals surface area contributed by atoms with Gasteiger partial charge in [0.1, 0.15) is 5.82 Å². The van der Waals surface area contributed by atoms with Crippen LogP contribution in [-0.4, -0.2) is 65.7 Å². The standard InChI is InChI=1S/C26H39N5O3/c1-34-15-7-14-31-23-12-5-4-11-22(23)29-25(31)20-10-6-13-30(18-20)24(32)16-21(27)17-28-26(33)19-8-2-3-9-19/h4-5,11-12,19-21H,2-3,6-10,13-18,27H2,1H3,(H,28,33). The van der Waals surface area contributed by atoms with Crippen molar-refractivity contribution in [3.8, 4) is 0 Å². The van der Waals surface area contributed by atoms with Gasteiger partial charge >= 0.3 is 0 Å². The zero-order valence-corrected chi connectivity index (χ0v) is 20.4. The number of hydrogen-bond acceptors (Lipinski definition) is 5. The number of aromatic nitrogens is 2. The summed E-state index contributed by atoms with van der Waals surface area (Å²) < 4.78 is 7.56. The van der Waals surface area contributed by atoms with Gasteiger partial charge < -0.3 is 25.3 Å². The van der Waals surface area contributed by atoms with E-state index in [0.29, 0.717) is 19.7 Å². The number of piperidine rings is 1. The number of nitrogens with zero attached hydrogens (tertiary/aromatic N) is 3. The fourth-order valence-electron chi connectivity index (χ4n) is 5.41. The molecule has 2 amide bonds. The molecule has 2 fully saturated rings. The molecule has 1 aliphatic heterocycles. The number of ether oxygens (including phenoxy) is 1. The largest absolute Gasteiger partial charge is 0.385 e. The van der Waals surface area contributed by atoms with Crippen LogP contribution in [-0.2, 0) is 20.9 Å². The van der Waals surface area contributed by atoms with Crippen LogP contribution in [0.5, 0.6) is 0 Å². The van der Waals surface area contributed by atoms with E-state index in [0.717, 1.165) is 74.9 Å². The van der Waals surface area contributed by atoms with Gasteiger partial charge in [-0.25, -0.2) is 4.98 Å². The summed E-state index contributed by atoms with van der Waals surface area (Å²) in [4.78, 5) is 32.2. The van der Waals surface area contributed by atoms with Gasteiger partial charge in [-0.3, -0.25) is 9.59 Å². The fourth-order valence-corrected chi connectivity index (χ4v) is 5.41. The third kappa shape index (κ3) is 5.96. The van der Waals surface area contributed by atoms with Crippen LogP contribution in [0.15, 0.2) is 24.3 Å². The Hall–Kier alpha value is -2.45. The Morgan fingerprint density at radius 2 is 2.00 bits per heavy atom. The van der Waals surface area contributed by atoms with E-state index in [1.54, 1.807) is 7.11 Å². The van der Waals surface area contributed by atoms with E-state index in [2.05, 4.69) is 22.0 Å². The average Bonchev–Trinajstić information content (AvgIpc) is 3.52. The highest BCUT2D eigenvalue weighted by molar-refractivity contribution is 5.80. The molecule has 0 radical (unpaired) electrons. The van der Waals surface area contributed by atoms with Gasteiger partial charge in [0, 0.05) is 64.2 Å². The quantitative estimate of drug-likeness (QED) is 0.521. The van der Waals surface area contributed by atoms with Crippen molar-refractivity contribution in [3.63, 3.8) is 0 Å². The van der Waals surface area contributed by atoms with Crippen LogP contribution in [0.25, 0.3) is 11.0 Å². The number of nitrogens with one attached hydrogen (secondary N) is 1. The molecule has 1 saturated heterocycles. The minimum absolute atomic E-state index is 0.0642. The van der Waals surface area contributed by atoms with Gasteiger partial charge in [-0.2, -0.15) is 0 Å². The van der Waals surface area contributed by atoms with Crippen molar-refractivity contribution in [1.29, 1.82) is 0 Å². The first-order valence-electron chi connectivity index (χ1n) is 12.8. The topological polar surface area (TPSA) is 102 Å². The summed E-state index contributed by atoms with van der Waals surface area (Å²) in [6, 6.07) is 7.86. The Kier molecular flexibility index (Phi) is 8.56. The maximum Gasteiger partial charge on any atom is 0.224 e. The van der Waals surface area contributed by atoms with E-state index in [1.807, 2.05) is 17.0 Å². The molecule has 34 heavy (non-hydrogen) atoms. The second kappa shape index (κ2) is 11.8. The van der Waals surface area contributed by atoms with Crippen LogP contribution < -0.4 is 11.1 Å². The van der Waals surface area contributed by atoms with E-state index in [1.165, 1.54) is 0 Å². The molecule has 2 aromatic rings. The van der Waals surface area contributed by atoms with E-state index in [4.69, 9.17) is 15.5 Å². The highest BCUT2D eigenvalue weighted by atomic mass is 16.5. The predicted molar refractivity (Wildman–Crippen MR) is 132 cm³/mol. The van der Waals surface area contributed by atoms with Crippen molar-refractivity contribution < 1.29 is 14.3 Å². The molecule has 186 valence electrons. The van der Waals surface area contributed by atoms with Crippen LogP contribution >= 0.6 is 0 Å². The number of hydrogen-bond donors (Lipinski definition) is 2. The maximum atomic E-state index is 13.0. The number of carbonyl (C=O) groups is 2. The summed E-state index contributed by atoms with van der Waals surface area (Å²) >= 11 is 0.